The third-order valence-corrected chi connectivity index (χ3v) is 3.42. The molecule has 0 fully saturated rings. The van der Waals surface area contributed by atoms with Crippen LogP contribution in [0.2, 0.25) is 0 Å². The Kier molecular flexibility index (Phi) is 4.04. The Morgan fingerprint density at radius 1 is 1.25 bits per heavy atom. The first-order valence-corrected chi connectivity index (χ1v) is 6.76. The van der Waals surface area contributed by atoms with E-state index in [9.17, 15) is 0 Å². The van der Waals surface area contributed by atoms with Crippen LogP contribution in [0.15, 0.2) is 22.7 Å². The standard InChI is InChI=1S/C15H19N3O.ClH/c1-15(2,3)14-17-13(19-18-14)11-6-4-8-12-10(11)7-5-9-16-12;/h4,6,8,16H,5,7,9H2,1-3H3;1H. The van der Waals surface area contributed by atoms with Crippen molar-refractivity contribution in [3.63, 3.8) is 0 Å². The van der Waals surface area contributed by atoms with Crippen LogP contribution in [0, 0.1) is 0 Å². The molecule has 0 saturated carbocycles. The Labute approximate surface area is 125 Å². The highest BCUT2D eigenvalue weighted by atomic mass is 35.5. The smallest absolute Gasteiger partial charge is 0.258 e. The average Bonchev–Trinajstić information content (AvgIpc) is 2.87. The van der Waals surface area contributed by atoms with Gasteiger partial charge in [0.1, 0.15) is 0 Å². The van der Waals surface area contributed by atoms with Gasteiger partial charge >= 0.3 is 0 Å². The highest BCUT2D eigenvalue weighted by Crippen LogP contribution is 2.32. The number of aromatic nitrogens is 2. The van der Waals surface area contributed by atoms with Crippen molar-refractivity contribution in [1.82, 2.24) is 10.1 Å². The van der Waals surface area contributed by atoms with Gasteiger partial charge in [-0.1, -0.05) is 32.0 Å². The van der Waals surface area contributed by atoms with Crippen molar-refractivity contribution in [2.45, 2.75) is 39.0 Å². The number of hydrogen-bond donors (Lipinski definition) is 1. The summed E-state index contributed by atoms with van der Waals surface area (Å²) >= 11 is 0. The molecule has 0 amide bonds. The first kappa shape index (κ1) is 14.9. The number of anilines is 1. The van der Waals surface area contributed by atoms with Crippen molar-refractivity contribution >= 4 is 18.1 Å². The van der Waals surface area contributed by atoms with Gasteiger partial charge in [0.05, 0.1) is 0 Å². The van der Waals surface area contributed by atoms with E-state index in [1.165, 1.54) is 11.3 Å². The van der Waals surface area contributed by atoms with Gasteiger partial charge in [-0.3, -0.25) is 0 Å². The summed E-state index contributed by atoms with van der Waals surface area (Å²) in [7, 11) is 0. The highest BCUT2D eigenvalue weighted by Gasteiger charge is 2.23. The van der Waals surface area contributed by atoms with E-state index in [0.717, 1.165) is 30.8 Å². The average molecular weight is 294 g/mol. The van der Waals surface area contributed by atoms with Gasteiger partial charge in [0.15, 0.2) is 5.82 Å². The van der Waals surface area contributed by atoms with Gasteiger partial charge in [-0.2, -0.15) is 4.98 Å². The summed E-state index contributed by atoms with van der Waals surface area (Å²) < 4.78 is 5.45. The molecular formula is C15H20ClN3O. The number of nitrogens with one attached hydrogen (secondary N) is 1. The molecule has 0 bridgehead atoms. The SMILES string of the molecule is CC(C)(C)c1noc(-c2cccc3c2CCCN3)n1.Cl. The summed E-state index contributed by atoms with van der Waals surface area (Å²) in [6, 6.07) is 6.21. The fourth-order valence-corrected chi connectivity index (χ4v) is 2.35. The maximum absolute atomic E-state index is 5.45. The van der Waals surface area contributed by atoms with Crippen LogP contribution in [0.5, 0.6) is 0 Å². The summed E-state index contributed by atoms with van der Waals surface area (Å²) in [6.45, 7) is 7.30. The molecule has 0 radical (unpaired) electrons. The predicted molar refractivity (Wildman–Crippen MR) is 82.5 cm³/mol. The highest BCUT2D eigenvalue weighted by molar-refractivity contribution is 5.85. The van der Waals surface area contributed by atoms with Crippen molar-refractivity contribution in [2.75, 3.05) is 11.9 Å². The van der Waals surface area contributed by atoms with Crippen molar-refractivity contribution in [3.05, 3.63) is 29.6 Å². The second-order valence-electron chi connectivity index (χ2n) is 6.04. The quantitative estimate of drug-likeness (QED) is 0.868. The first-order chi connectivity index (χ1) is 9.05. The molecule has 0 saturated heterocycles. The number of benzene rings is 1. The van der Waals surface area contributed by atoms with E-state index in [-0.39, 0.29) is 17.8 Å². The lowest BCUT2D eigenvalue weighted by Crippen LogP contribution is -2.13. The van der Waals surface area contributed by atoms with Gasteiger partial charge in [0.2, 0.25) is 0 Å². The monoisotopic (exact) mass is 293 g/mol. The Balaban J connectivity index is 0.00000147. The molecule has 5 heteroatoms. The number of hydrogen-bond acceptors (Lipinski definition) is 4. The second kappa shape index (κ2) is 5.44. The van der Waals surface area contributed by atoms with Crippen LogP contribution in [0.4, 0.5) is 5.69 Å². The van der Waals surface area contributed by atoms with E-state index >= 15 is 0 Å². The lowest BCUT2D eigenvalue weighted by molar-refractivity contribution is 0.402. The zero-order valence-electron chi connectivity index (χ0n) is 12.1. The minimum atomic E-state index is -0.0885. The normalized spacial score (nSPS) is 14.2. The number of nitrogens with zero attached hydrogens (tertiary/aromatic N) is 2. The lowest BCUT2D eigenvalue weighted by atomic mass is 9.95. The number of fused-ring (bicyclic) bond motifs is 1. The van der Waals surface area contributed by atoms with Crippen LogP contribution in [-0.4, -0.2) is 16.7 Å². The molecule has 2 heterocycles. The van der Waals surface area contributed by atoms with Crippen LogP contribution >= 0.6 is 12.4 Å². The summed E-state index contributed by atoms with van der Waals surface area (Å²) in [5.74, 6) is 1.38. The molecule has 20 heavy (non-hydrogen) atoms. The van der Waals surface area contributed by atoms with Gasteiger partial charge < -0.3 is 9.84 Å². The van der Waals surface area contributed by atoms with E-state index in [1.807, 2.05) is 6.07 Å². The zero-order chi connectivity index (χ0) is 13.5. The minimum Gasteiger partial charge on any atom is -0.385 e. The molecule has 108 valence electrons. The molecule has 1 aromatic heterocycles. The first-order valence-electron chi connectivity index (χ1n) is 6.76. The van der Waals surface area contributed by atoms with Crippen LogP contribution in [0.25, 0.3) is 11.5 Å². The third kappa shape index (κ3) is 2.66. The molecule has 4 nitrogen and oxygen atoms in total. The van der Waals surface area contributed by atoms with Gasteiger partial charge in [-0.15, -0.1) is 12.4 Å². The summed E-state index contributed by atoms with van der Waals surface area (Å²) in [6.07, 6.45) is 2.20. The van der Waals surface area contributed by atoms with Gasteiger partial charge in [0, 0.05) is 23.2 Å². The second-order valence-corrected chi connectivity index (χ2v) is 6.04. The van der Waals surface area contributed by atoms with Crippen LogP contribution in [0.3, 0.4) is 0 Å². The lowest BCUT2D eigenvalue weighted by Gasteiger charge is -2.19. The molecule has 1 aromatic carbocycles. The predicted octanol–water partition coefficient (Wildman–Crippen LogP) is 3.81. The summed E-state index contributed by atoms with van der Waals surface area (Å²) in [5.41, 5.74) is 3.46. The summed E-state index contributed by atoms with van der Waals surface area (Å²) in [5, 5.41) is 7.53. The molecule has 0 unspecified atom stereocenters. The van der Waals surface area contributed by atoms with Gasteiger partial charge in [0.25, 0.3) is 5.89 Å². The Hall–Kier alpha value is -1.55. The minimum absolute atomic E-state index is 0. The van der Waals surface area contributed by atoms with E-state index in [4.69, 9.17) is 4.52 Å². The third-order valence-electron chi connectivity index (χ3n) is 3.42. The Bertz CT molecular complexity index is 601. The largest absolute Gasteiger partial charge is 0.385 e. The molecule has 0 aliphatic carbocycles. The molecule has 2 aromatic rings. The number of rotatable bonds is 1. The zero-order valence-corrected chi connectivity index (χ0v) is 12.9. The van der Waals surface area contributed by atoms with Crippen molar-refractivity contribution in [2.24, 2.45) is 0 Å². The fourth-order valence-electron chi connectivity index (χ4n) is 2.35. The molecule has 1 aliphatic rings. The van der Waals surface area contributed by atoms with E-state index in [1.54, 1.807) is 0 Å². The fraction of sp³-hybridized carbons (Fsp3) is 0.467. The van der Waals surface area contributed by atoms with Crippen LogP contribution in [-0.2, 0) is 11.8 Å². The summed E-state index contributed by atoms with van der Waals surface area (Å²) in [4.78, 5) is 4.55. The maximum Gasteiger partial charge on any atom is 0.258 e. The molecule has 3 rings (SSSR count). The van der Waals surface area contributed by atoms with Gasteiger partial charge in [-0.05, 0) is 30.5 Å². The molecular weight excluding hydrogens is 274 g/mol. The molecule has 0 atom stereocenters. The maximum atomic E-state index is 5.45. The van der Waals surface area contributed by atoms with Crippen LogP contribution in [0.1, 0.15) is 38.6 Å². The molecule has 1 aliphatic heterocycles. The van der Waals surface area contributed by atoms with Crippen molar-refractivity contribution in [1.29, 1.82) is 0 Å². The topological polar surface area (TPSA) is 51.0 Å². The van der Waals surface area contributed by atoms with Gasteiger partial charge in [-0.25, -0.2) is 0 Å². The Morgan fingerprint density at radius 3 is 2.75 bits per heavy atom. The molecule has 0 spiro atoms. The molecule has 1 N–H and O–H groups in total. The van der Waals surface area contributed by atoms with E-state index in [0.29, 0.717) is 5.89 Å². The Morgan fingerprint density at radius 2 is 2.05 bits per heavy atom. The number of halogens is 1. The van der Waals surface area contributed by atoms with E-state index in [2.05, 4.69) is 48.4 Å². The van der Waals surface area contributed by atoms with Crippen molar-refractivity contribution < 1.29 is 4.52 Å². The van der Waals surface area contributed by atoms with Crippen LogP contribution < -0.4 is 5.32 Å². The van der Waals surface area contributed by atoms with E-state index < -0.39 is 0 Å². The van der Waals surface area contributed by atoms with Crippen molar-refractivity contribution in [3.8, 4) is 11.5 Å².